The summed E-state index contributed by atoms with van der Waals surface area (Å²) < 4.78 is 0. The predicted molar refractivity (Wildman–Crippen MR) is 42.9 cm³/mol. The zero-order chi connectivity index (χ0) is 7.98. The Morgan fingerprint density at radius 2 is 2.20 bits per heavy atom. The Balaban J connectivity index is 4.04. The maximum atomic E-state index is 8.28. The van der Waals surface area contributed by atoms with E-state index in [9.17, 15) is 0 Å². The van der Waals surface area contributed by atoms with E-state index in [4.69, 9.17) is 5.26 Å². The minimum Gasteiger partial charge on any atom is -0.293 e. The molecule has 0 aromatic carbocycles. The van der Waals surface area contributed by atoms with Gasteiger partial charge < -0.3 is 0 Å². The molecule has 0 aliphatic carbocycles. The first kappa shape index (κ1) is 8.64. The van der Waals surface area contributed by atoms with Gasteiger partial charge in [0.15, 0.2) is 0 Å². The van der Waals surface area contributed by atoms with Gasteiger partial charge in [0.2, 0.25) is 0 Å². The molecule has 0 N–H and O–H groups in total. The molecule has 0 aromatic rings. The van der Waals surface area contributed by atoms with Crippen molar-refractivity contribution < 1.29 is 0 Å². The van der Waals surface area contributed by atoms with Crippen LogP contribution in [0.1, 0.15) is 6.92 Å². The monoisotopic (exact) mass is 134 g/mol. The van der Waals surface area contributed by atoms with Gasteiger partial charge in [-0.05, 0) is 19.1 Å². The molecule has 52 valence electrons. The Kier molecular flexibility index (Phi) is 3.90. The average molecular weight is 134 g/mol. The van der Waals surface area contributed by atoms with Gasteiger partial charge in [0, 0.05) is 18.3 Å². The van der Waals surface area contributed by atoms with Crippen molar-refractivity contribution in [3.05, 3.63) is 24.3 Å². The summed E-state index contributed by atoms with van der Waals surface area (Å²) in [5.41, 5.74) is 1.33. The number of hydrogen-bond donors (Lipinski definition) is 0. The Bertz CT molecular complexity index is 216. The molecule has 0 atom stereocenters. The van der Waals surface area contributed by atoms with Crippen molar-refractivity contribution in [2.75, 3.05) is 7.05 Å². The summed E-state index contributed by atoms with van der Waals surface area (Å²) in [6, 6.07) is 1.91. The first-order valence-electron chi connectivity index (χ1n) is 2.91. The SMILES string of the molecule is C=C(C#N)/C=C\C(C)=NC. The van der Waals surface area contributed by atoms with Gasteiger partial charge in [-0.3, -0.25) is 4.99 Å². The van der Waals surface area contributed by atoms with Crippen LogP contribution in [0.25, 0.3) is 0 Å². The highest BCUT2D eigenvalue weighted by atomic mass is 14.7. The van der Waals surface area contributed by atoms with E-state index in [1.165, 1.54) is 0 Å². The Labute approximate surface area is 61.2 Å². The first-order chi connectivity index (χ1) is 4.70. The molecule has 0 unspecified atom stereocenters. The highest BCUT2D eigenvalue weighted by molar-refractivity contribution is 5.93. The van der Waals surface area contributed by atoms with E-state index in [0.717, 1.165) is 5.71 Å². The van der Waals surface area contributed by atoms with E-state index >= 15 is 0 Å². The normalized spacial score (nSPS) is 11.5. The summed E-state index contributed by atoms with van der Waals surface area (Å²) in [6.07, 6.45) is 3.40. The quantitative estimate of drug-likeness (QED) is 0.322. The molecule has 0 aromatic heterocycles. The van der Waals surface area contributed by atoms with Crippen molar-refractivity contribution in [1.82, 2.24) is 0 Å². The molecule has 0 bridgehead atoms. The minimum atomic E-state index is 0.447. The topological polar surface area (TPSA) is 36.1 Å². The Morgan fingerprint density at radius 3 is 2.60 bits per heavy atom. The van der Waals surface area contributed by atoms with E-state index in [-0.39, 0.29) is 0 Å². The van der Waals surface area contributed by atoms with Crippen molar-refractivity contribution in [3.63, 3.8) is 0 Å². The van der Waals surface area contributed by atoms with Crippen LogP contribution < -0.4 is 0 Å². The number of nitrogens with zero attached hydrogens (tertiary/aromatic N) is 2. The van der Waals surface area contributed by atoms with Crippen LogP contribution in [0.5, 0.6) is 0 Å². The van der Waals surface area contributed by atoms with Crippen molar-refractivity contribution in [2.45, 2.75) is 6.92 Å². The lowest BCUT2D eigenvalue weighted by Gasteiger charge is -1.84. The molecule has 0 rings (SSSR count). The summed E-state index contributed by atoms with van der Waals surface area (Å²) in [4.78, 5) is 3.87. The third-order valence-electron chi connectivity index (χ3n) is 1.02. The van der Waals surface area contributed by atoms with Gasteiger partial charge in [0.25, 0.3) is 0 Å². The number of rotatable bonds is 2. The van der Waals surface area contributed by atoms with Crippen LogP contribution in [0, 0.1) is 11.3 Å². The summed E-state index contributed by atoms with van der Waals surface area (Å²) in [6.45, 7) is 5.34. The maximum absolute atomic E-state index is 8.28. The van der Waals surface area contributed by atoms with E-state index in [0.29, 0.717) is 5.57 Å². The standard InChI is InChI=1S/C8H10N2/c1-7(6-9)4-5-8(2)10-3/h4-5H,1H2,2-3H3/b5-4-,10-8?. The van der Waals surface area contributed by atoms with Crippen molar-refractivity contribution in [2.24, 2.45) is 4.99 Å². The molecular weight excluding hydrogens is 124 g/mol. The van der Waals surface area contributed by atoms with Gasteiger partial charge in [-0.2, -0.15) is 5.26 Å². The Morgan fingerprint density at radius 1 is 1.60 bits per heavy atom. The van der Waals surface area contributed by atoms with E-state index in [1.807, 2.05) is 13.0 Å². The molecule has 2 heteroatoms. The third kappa shape index (κ3) is 3.62. The molecular formula is C8H10N2. The molecule has 0 fully saturated rings. The smallest absolute Gasteiger partial charge is 0.0985 e. The van der Waals surface area contributed by atoms with Gasteiger partial charge in [-0.25, -0.2) is 0 Å². The van der Waals surface area contributed by atoms with Gasteiger partial charge in [-0.1, -0.05) is 6.58 Å². The van der Waals surface area contributed by atoms with Crippen LogP contribution in [0.4, 0.5) is 0 Å². The second kappa shape index (κ2) is 4.51. The van der Waals surface area contributed by atoms with Crippen LogP contribution in [0.2, 0.25) is 0 Å². The van der Waals surface area contributed by atoms with Gasteiger partial charge >= 0.3 is 0 Å². The van der Waals surface area contributed by atoms with Crippen molar-refractivity contribution in [3.8, 4) is 6.07 Å². The predicted octanol–water partition coefficient (Wildman–Crippen LogP) is 1.71. The first-order valence-corrected chi connectivity index (χ1v) is 2.91. The third-order valence-corrected chi connectivity index (χ3v) is 1.02. The zero-order valence-electron chi connectivity index (χ0n) is 6.26. The maximum Gasteiger partial charge on any atom is 0.0985 e. The summed E-state index contributed by atoms with van der Waals surface area (Å²) in [7, 11) is 1.70. The summed E-state index contributed by atoms with van der Waals surface area (Å²) in [5.74, 6) is 0. The fourth-order valence-electron chi connectivity index (χ4n) is 0.333. The molecule has 0 aliphatic rings. The molecule has 10 heavy (non-hydrogen) atoms. The van der Waals surface area contributed by atoms with Crippen molar-refractivity contribution >= 4 is 5.71 Å². The molecule has 0 radical (unpaired) electrons. The molecule has 0 heterocycles. The summed E-state index contributed by atoms with van der Waals surface area (Å²) in [5, 5.41) is 8.28. The molecule has 0 saturated carbocycles. The van der Waals surface area contributed by atoms with Gasteiger partial charge in [0.1, 0.15) is 0 Å². The number of allylic oxidation sites excluding steroid dienone is 3. The highest BCUT2D eigenvalue weighted by Gasteiger charge is 1.81. The molecule has 2 nitrogen and oxygen atoms in total. The van der Waals surface area contributed by atoms with Crippen LogP contribution in [-0.4, -0.2) is 12.8 Å². The lowest BCUT2D eigenvalue weighted by atomic mass is 10.3. The highest BCUT2D eigenvalue weighted by Crippen LogP contribution is 1.89. The molecule has 0 aliphatic heterocycles. The molecule has 0 saturated heterocycles. The number of hydrogen-bond acceptors (Lipinski definition) is 2. The fourth-order valence-corrected chi connectivity index (χ4v) is 0.333. The lowest BCUT2D eigenvalue weighted by molar-refractivity contribution is 1.43. The van der Waals surface area contributed by atoms with Crippen LogP contribution >= 0.6 is 0 Å². The molecule has 0 amide bonds. The van der Waals surface area contributed by atoms with Gasteiger partial charge in [-0.15, -0.1) is 0 Å². The number of nitriles is 1. The molecule has 0 spiro atoms. The second-order valence-electron chi connectivity index (χ2n) is 1.84. The van der Waals surface area contributed by atoms with E-state index in [2.05, 4.69) is 11.6 Å². The van der Waals surface area contributed by atoms with Crippen LogP contribution in [-0.2, 0) is 0 Å². The van der Waals surface area contributed by atoms with Crippen LogP contribution in [0.15, 0.2) is 29.3 Å². The minimum absolute atomic E-state index is 0.447. The average Bonchev–Trinajstić information content (AvgIpc) is 1.99. The summed E-state index contributed by atoms with van der Waals surface area (Å²) >= 11 is 0. The number of aliphatic imine (C=N–C) groups is 1. The van der Waals surface area contributed by atoms with E-state index in [1.54, 1.807) is 19.2 Å². The van der Waals surface area contributed by atoms with Crippen LogP contribution in [0.3, 0.4) is 0 Å². The van der Waals surface area contributed by atoms with E-state index < -0.39 is 0 Å². The van der Waals surface area contributed by atoms with Crippen molar-refractivity contribution in [1.29, 1.82) is 5.26 Å². The van der Waals surface area contributed by atoms with Gasteiger partial charge in [0.05, 0.1) is 6.07 Å². The lowest BCUT2D eigenvalue weighted by Crippen LogP contribution is -1.82. The largest absolute Gasteiger partial charge is 0.293 e. The fraction of sp³-hybridized carbons (Fsp3) is 0.250. The second-order valence-corrected chi connectivity index (χ2v) is 1.84. The zero-order valence-corrected chi connectivity index (χ0v) is 6.26. The Hall–Kier alpha value is -1.36.